The average Bonchev–Trinajstić information content (AvgIpc) is 2.18. The van der Waals surface area contributed by atoms with Crippen molar-refractivity contribution >= 4 is 17.4 Å². The molecule has 2 nitrogen and oxygen atoms in total. The first-order valence-corrected chi connectivity index (χ1v) is 4.82. The normalized spacial score (nSPS) is 11.3. The van der Waals surface area contributed by atoms with Crippen molar-refractivity contribution < 1.29 is 22.7 Å². The number of hydrogen-bond donors (Lipinski definition) is 0. The fraction of sp³-hybridized carbons (Fsp3) is 0.300. The minimum Gasteiger partial charge on any atom is -0.405 e. The zero-order valence-electron chi connectivity index (χ0n) is 8.27. The number of carbonyl (C=O) groups is 1. The van der Waals surface area contributed by atoms with Crippen molar-refractivity contribution in [2.75, 3.05) is 5.88 Å². The topological polar surface area (TPSA) is 26.3 Å². The number of benzene rings is 1. The Kier molecular flexibility index (Phi) is 3.80. The number of carbonyl (C=O) groups excluding carboxylic acids is 1. The molecule has 1 aromatic rings. The van der Waals surface area contributed by atoms with Gasteiger partial charge < -0.3 is 4.74 Å². The van der Waals surface area contributed by atoms with E-state index in [2.05, 4.69) is 4.74 Å². The molecule has 0 aliphatic carbocycles. The van der Waals surface area contributed by atoms with Gasteiger partial charge in [0.1, 0.15) is 5.75 Å². The lowest BCUT2D eigenvalue weighted by Crippen LogP contribution is -2.18. The van der Waals surface area contributed by atoms with Gasteiger partial charge in [-0.05, 0) is 18.6 Å². The van der Waals surface area contributed by atoms with Crippen molar-refractivity contribution in [3.63, 3.8) is 0 Å². The van der Waals surface area contributed by atoms with E-state index in [1.807, 2.05) is 0 Å². The highest BCUT2D eigenvalue weighted by Crippen LogP contribution is 2.27. The number of Topliss-reactive ketones (excluding diaryl/α,β-unsaturated/α-hetero) is 1. The van der Waals surface area contributed by atoms with Crippen LogP contribution in [0, 0.1) is 6.92 Å². The summed E-state index contributed by atoms with van der Waals surface area (Å²) in [6.07, 6.45) is -4.77. The van der Waals surface area contributed by atoms with Crippen molar-refractivity contribution in [3.05, 3.63) is 29.3 Å². The van der Waals surface area contributed by atoms with Gasteiger partial charge in [0, 0.05) is 5.56 Å². The predicted molar refractivity (Wildman–Crippen MR) is 52.9 cm³/mol. The van der Waals surface area contributed by atoms with Gasteiger partial charge in [0.05, 0.1) is 5.88 Å². The Morgan fingerprint density at radius 2 is 2.06 bits per heavy atom. The molecule has 0 aromatic heterocycles. The molecule has 0 amide bonds. The summed E-state index contributed by atoms with van der Waals surface area (Å²) in [7, 11) is 0. The molecular weight excluding hydrogens is 245 g/mol. The van der Waals surface area contributed by atoms with Gasteiger partial charge in [-0.15, -0.1) is 24.8 Å². The molecule has 0 fully saturated rings. The summed E-state index contributed by atoms with van der Waals surface area (Å²) in [5.74, 6) is -1.12. The zero-order chi connectivity index (χ0) is 12.3. The third kappa shape index (κ3) is 3.41. The molecule has 0 aliphatic rings. The van der Waals surface area contributed by atoms with E-state index in [1.54, 1.807) is 0 Å². The minimum atomic E-state index is -4.77. The van der Waals surface area contributed by atoms with Crippen LogP contribution in [0.25, 0.3) is 0 Å². The van der Waals surface area contributed by atoms with Gasteiger partial charge in [0.15, 0.2) is 5.78 Å². The fourth-order valence-corrected chi connectivity index (χ4v) is 1.24. The zero-order valence-corrected chi connectivity index (χ0v) is 9.02. The Hall–Kier alpha value is -1.23. The molecular formula is C10H8ClF3O2. The largest absolute Gasteiger partial charge is 0.573 e. The van der Waals surface area contributed by atoms with E-state index < -0.39 is 12.1 Å². The number of hydrogen-bond acceptors (Lipinski definition) is 2. The summed E-state index contributed by atoms with van der Waals surface area (Å²) in [6, 6.07) is 3.82. The van der Waals surface area contributed by atoms with Crippen LogP contribution < -0.4 is 4.74 Å². The van der Waals surface area contributed by atoms with Crippen LogP contribution in [0.5, 0.6) is 5.75 Å². The predicted octanol–water partition coefficient (Wildman–Crippen LogP) is 3.32. The number of halogens is 4. The molecule has 1 aromatic carbocycles. The first kappa shape index (κ1) is 12.8. The van der Waals surface area contributed by atoms with Crippen molar-refractivity contribution in [3.8, 4) is 5.75 Å². The minimum absolute atomic E-state index is 0.0971. The smallest absolute Gasteiger partial charge is 0.405 e. The molecule has 0 bridgehead atoms. The van der Waals surface area contributed by atoms with Crippen molar-refractivity contribution in [1.82, 2.24) is 0 Å². The van der Waals surface area contributed by atoms with Gasteiger partial charge in [-0.2, -0.15) is 0 Å². The molecule has 0 N–H and O–H groups in total. The van der Waals surface area contributed by atoms with Gasteiger partial charge in [-0.25, -0.2) is 0 Å². The summed E-state index contributed by atoms with van der Waals surface area (Å²) in [4.78, 5) is 11.2. The van der Waals surface area contributed by atoms with Gasteiger partial charge in [-0.3, -0.25) is 4.79 Å². The van der Waals surface area contributed by atoms with Crippen LogP contribution in [0.3, 0.4) is 0 Å². The molecule has 0 spiro atoms. The Bertz CT molecular complexity index is 402. The highest BCUT2D eigenvalue weighted by atomic mass is 35.5. The number of ether oxygens (including phenoxy) is 1. The van der Waals surface area contributed by atoms with Gasteiger partial charge in [-0.1, -0.05) is 12.1 Å². The van der Waals surface area contributed by atoms with Crippen LogP contribution in [0.2, 0.25) is 0 Å². The van der Waals surface area contributed by atoms with Crippen molar-refractivity contribution in [2.24, 2.45) is 0 Å². The second-order valence-corrected chi connectivity index (χ2v) is 3.35. The Morgan fingerprint density at radius 1 is 1.44 bits per heavy atom. The lowest BCUT2D eigenvalue weighted by Gasteiger charge is -2.12. The highest BCUT2D eigenvalue weighted by Gasteiger charge is 2.31. The van der Waals surface area contributed by atoms with Gasteiger partial charge in [0.2, 0.25) is 0 Å². The maximum Gasteiger partial charge on any atom is 0.573 e. The van der Waals surface area contributed by atoms with Crippen LogP contribution in [0.1, 0.15) is 15.9 Å². The van der Waals surface area contributed by atoms with Crippen molar-refractivity contribution in [2.45, 2.75) is 13.3 Å². The molecule has 0 saturated carbocycles. The molecule has 0 atom stereocenters. The number of ketones is 1. The van der Waals surface area contributed by atoms with E-state index in [9.17, 15) is 18.0 Å². The lowest BCUT2D eigenvalue weighted by atomic mass is 10.1. The second-order valence-electron chi connectivity index (χ2n) is 3.08. The van der Waals surface area contributed by atoms with Crippen LogP contribution in [0.4, 0.5) is 13.2 Å². The van der Waals surface area contributed by atoms with E-state index in [0.717, 1.165) is 6.07 Å². The SMILES string of the molecule is Cc1ccc(C(=O)CCl)cc1OC(F)(F)F. The standard InChI is InChI=1S/C10H8ClF3O2/c1-6-2-3-7(8(15)5-11)4-9(6)16-10(12,13)14/h2-4H,5H2,1H3. The lowest BCUT2D eigenvalue weighted by molar-refractivity contribution is -0.274. The molecule has 1 rings (SSSR count). The molecule has 0 saturated heterocycles. The van der Waals surface area contributed by atoms with Crippen LogP contribution in [-0.4, -0.2) is 18.0 Å². The third-order valence-electron chi connectivity index (χ3n) is 1.86. The third-order valence-corrected chi connectivity index (χ3v) is 2.10. The number of rotatable bonds is 3. The monoisotopic (exact) mass is 252 g/mol. The Balaban J connectivity index is 3.04. The van der Waals surface area contributed by atoms with Crippen LogP contribution >= 0.6 is 11.6 Å². The van der Waals surface area contributed by atoms with E-state index in [1.165, 1.54) is 19.1 Å². The Morgan fingerprint density at radius 3 is 2.56 bits per heavy atom. The summed E-state index contributed by atoms with van der Waals surface area (Å²) in [5, 5.41) is 0. The quantitative estimate of drug-likeness (QED) is 0.609. The number of alkyl halides is 4. The Labute approximate surface area is 95.0 Å². The van der Waals surface area contributed by atoms with Crippen LogP contribution in [-0.2, 0) is 0 Å². The molecule has 0 unspecified atom stereocenters. The fourth-order valence-electron chi connectivity index (χ4n) is 1.09. The molecule has 0 heterocycles. The maximum absolute atomic E-state index is 12.0. The summed E-state index contributed by atoms with van der Waals surface area (Å²) >= 11 is 5.30. The van der Waals surface area contributed by atoms with E-state index in [-0.39, 0.29) is 17.2 Å². The first-order valence-electron chi connectivity index (χ1n) is 4.29. The maximum atomic E-state index is 12.0. The van der Waals surface area contributed by atoms with E-state index >= 15 is 0 Å². The van der Waals surface area contributed by atoms with Crippen molar-refractivity contribution in [1.29, 1.82) is 0 Å². The highest BCUT2D eigenvalue weighted by molar-refractivity contribution is 6.30. The van der Waals surface area contributed by atoms with Crippen LogP contribution in [0.15, 0.2) is 18.2 Å². The van der Waals surface area contributed by atoms with Gasteiger partial charge >= 0.3 is 6.36 Å². The van der Waals surface area contributed by atoms with E-state index in [4.69, 9.17) is 11.6 Å². The molecule has 0 aliphatic heterocycles. The van der Waals surface area contributed by atoms with Gasteiger partial charge in [0.25, 0.3) is 0 Å². The molecule has 16 heavy (non-hydrogen) atoms. The molecule has 6 heteroatoms. The van der Waals surface area contributed by atoms with E-state index in [0.29, 0.717) is 5.56 Å². The summed E-state index contributed by atoms with van der Waals surface area (Å²) < 4.78 is 39.8. The molecule has 0 radical (unpaired) electrons. The molecule has 88 valence electrons. The summed E-state index contributed by atoms with van der Waals surface area (Å²) in [5.41, 5.74) is 0.392. The average molecular weight is 253 g/mol. The second kappa shape index (κ2) is 4.74. The first-order chi connectivity index (χ1) is 7.33. The number of aryl methyl sites for hydroxylation is 1. The summed E-state index contributed by atoms with van der Waals surface area (Å²) in [6.45, 7) is 1.45.